The van der Waals surface area contributed by atoms with Crippen molar-refractivity contribution in [2.75, 3.05) is 13.7 Å². The lowest BCUT2D eigenvalue weighted by molar-refractivity contribution is 0.188. The van der Waals surface area contributed by atoms with Gasteiger partial charge in [0.2, 0.25) is 0 Å². The van der Waals surface area contributed by atoms with E-state index in [9.17, 15) is 9.50 Å². The van der Waals surface area contributed by atoms with Crippen molar-refractivity contribution in [1.29, 1.82) is 0 Å². The maximum atomic E-state index is 13.5. The second-order valence-electron chi connectivity index (χ2n) is 4.73. The molecule has 0 saturated carbocycles. The zero-order valence-electron chi connectivity index (χ0n) is 11.6. The zero-order chi connectivity index (χ0) is 14.8. The molecule has 0 radical (unpaired) electrons. The SMILES string of the molecule is COCCn1c(-c2cc(F)ccc2O)nc2ccccc21. The van der Waals surface area contributed by atoms with Gasteiger partial charge in [-0.1, -0.05) is 12.1 Å². The Labute approximate surface area is 121 Å². The number of aromatic hydroxyl groups is 1. The first-order valence-corrected chi connectivity index (χ1v) is 6.64. The second kappa shape index (κ2) is 5.54. The maximum Gasteiger partial charge on any atom is 0.145 e. The van der Waals surface area contributed by atoms with E-state index in [-0.39, 0.29) is 5.75 Å². The molecule has 1 heterocycles. The molecule has 21 heavy (non-hydrogen) atoms. The van der Waals surface area contributed by atoms with Gasteiger partial charge in [-0.2, -0.15) is 0 Å². The summed E-state index contributed by atoms with van der Waals surface area (Å²) in [5.41, 5.74) is 2.10. The van der Waals surface area contributed by atoms with Gasteiger partial charge in [-0.05, 0) is 30.3 Å². The largest absolute Gasteiger partial charge is 0.507 e. The Bertz CT molecular complexity index is 783. The predicted octanol–water partition coefficient (Wildman–Crippen LogP) is 3.19. The lowest BCUT2D eigenvalue weighted by Gasteiger charge is -2.10. The first-order valence-electron chi connectivity index (χ1n) is 6.64. The number of phenols is 1. The number of fused-ring (bicyclic) bond motifs is 1. The van der Waals surface area contributed by atoms with Crippen molar-refractivity contribution < 1.29 is 14.2 Å². The predicted molar refractivity (Wildman–Crippen MR) is 78.7 cm³/mol. The van der Waals surface area contributed by atoms with E-state index in [1.807, 2.05) is 28.8 Å². The van der Waals surface area contributed by atoms with E-state index in [0.717, 1.165) is 11.0 Å². The van der Waals surface area contributed by atoms with Crippen LogP contribution in [0.2, 0.25) is 0 Å². The molecule has 1 aromatic heterocycles. The molecule has 3 rings (SSSR count). The van der Waals surface area contributed by atoms with Crippen molar-refractivity contribution in [1.82, 2.24) is 9.55 Å². The number of hydrogen-bond donors (Lipinski definition) is 1. The van der Waals surface area contributed by atoms with E-state index < -0.39 is 5.82 Å². The Hall–Kier alpha value is -2.40. The van der Waals surface area contributed by atoms with Crippen LogP contribution in [0.15, 0.2) is 42.5 Å². The van der Waals surface area contributed by atoms with Crippen molar-refractivity contribution in [3.8, 4) is 17.1 Å². The van der Waals surface area contributed by atoms with Gasteiger partial charge in [-0.3, -0.25) is 0 Å². The summed E-state index contributed by atoms with van der Waals surface area (Å²) in [6, 6.07) is 11.5. The highest BCUT2D eigenvalue weighted by Gasteiger charge is 2.15. The van der Waals surface area contributed by atoms with Gasteiger partial charge < -0.3 is 14.4 Å². The molecule has 2 aromatic carbocycles. The van der Waals surface area contributed by atoms with E-state index in [4.69, 9.17) is 4.74 Å². The Balaban J connectivity index is 2.23. The molecule has 3 aromatic rings. The van der Waals surface area contributed by atoms with Crippen molar-refractivity contribution >= 4 is 11.0 Å². The van der Waals surface area contributed by atoms with Crippen molar-refractivity contribution in [3.05, 3.63) is 48.3 Å². The summed E-state index contributed by atoms with van der Waals surface area (Å²) in [6.07, 6.45) is 0. The Kier molecular flexibility index (Phi) is 3.58. The number of imidazole rings is 1. The first-order chi connectivity index (χ1) is 10.2. The fourth-order valence-electron chi connectivity index (χ4n) is 2.38. The molecule has 0 fully saturated rings. The minimum atomic E-state index is -0.409. The van der Waals surface area contributed by atoms with Gasteiger partial charge in [0.25, 0.3) is 0 Å². The van der Waals surface area contributed by atoms with E-state index in [1.54, 1.807) is 7.11 Å². The van der Waals surface area contributed by atoms with Crippen LogP contribution in [0.3, 0.4) is 0 Å². The summed E-state index contributed by atoms with van der Waals surface area (Å²) >= 11 is 0. The second-order valence-corrected chi connectivity index (χ2v) is 4.73. The first kappa shape index (κ1) is 13.6. The average Bonchev–Trinajstić information content (AvgIpc) is 2.86. The van der Waals surface area contributed by atoms with Crippen molar-refractivity contribution in [2.24, 2.45) is 0 Å². The van der Waals surface area contributed by atoms with Crippen LogP contribution in [0, 0.1) is 5.82 Å². The van der Waals surface area contributed by atoms with Gasteiger partial charge in [-0.25, -0.2) is 9.37 Å². The zero-order valence-corrected chi connectivity index (χ0v) is 11.6. The van der Waals surface area contributed by atoms with Crippen LogP contribution in [0.1, 0.15) is 0 Å². The summed E-state index contributed by atoms with van der Waals surface area (Å²) in [5, 5.41) is 10.0. The topological polar surface area (TPSA) is 47.3 Å². The molecule has 4 nitrogen and oxygen atoms in total. The molecule has 108 valence electrons. The van der Waals surface area contributed by atoms with Crippen LogP contribution in [-0.4, -0.2) is 28.4 Å². The number of ether oxygens (including phenoxy) is 1. The minimum Gasteiger partial charge on any atom is -0.507 e. The van der Waals surface area contributed by atoms with E-state index in [0.29, 0.717) is 24.5 Å². The number of benzene rings is 2. The van der Waals surface area contributed by atoms with Gasteiger partial charge in [0, 0.05) is 13.7 Å². The number of phenolic OH excluding ortho intramolecular Hbond substituents is 1. The van der Waals surface area contributed by atoms with E-state index in [2.05, 4.69) is 4.98 Å². The van der Waals surface area contributed by atoms with Crippen LogP contribution < -0.4 is 0 Å². The molecule has 0 aliphatic heterocycles. The van der Waals surface area contributed by atoms with Gasteiger partial charge in [0.1, 0.15) is 17.4 Å². The molecule has 0 atom stereocenters. The summed E-state index contributed by atoms with van der Waals surface area (Å²) in [6.45, 7) is 1.08. The molecule has 0 aliphatic rings. The van der Waals surface area contributed by atoms with Gasteiger partial charge in [-0.15, -0.1) is 0 Å². The van der Waals surface area contributed by atoms with Crippen molar-refractivity contribution in [2.45, 2.75) is 6.54 Å². The van der Waals surface area contributed by atoms with Crippen LogP contribution >= 0.6 is 0 Å². The summed E-state index contributed by atoms with van der Waals surface area (Å²) in [4.78, 5) is 4.52. The quantitative estimate of drug-likeness (QED) is 0.801. The van der Waals surface area contributed by atoms with Gasteiger partial charge >= 0.3 is 0 Å². The molecule has 0 saturated heterocycles. The Morgan fingerprint density at radius 2 is 2.05 bits per heavy atom. The number of methoxy groups -OCH3 is 1. The highest BCUT2D eigenvalue weighted by atomic mass is 19.1. The van der Waals surface area contributed by atoms with Crippen molar-refractivity contribution in [3.63, 3.8) is 0 Å². The summed E-state index contributed by atoms with van der Waals surface area (Å²) in [7, 11) is 1.62. The molecule has 0 bridgehead atoms. The normalized spacial score (nSPS) is 11.1. The number of halogens is 1. The minimum absolute atomic E-state index is 0.00497. The molecule has 0 unspecified atom stereocenters. The fraction of sp³-hybridized carbons (Fsp3) is 0.188. The maximum absolute atomic E-state index is 13.5. The average molecular weight is 286 g/mol. The molecule has 0 amide bonds. The highest BCUT2D eigenvalue weighted by Crippen LogP contribution is 2.31. The fourth-order valence-corrected chi connectivity index (χ4v) is 2.38. The van der Waals surface area contributed by atoms with Crippen LogP contribution in [0.4, 0.5) is 4.39 Å². The van der Waals surface area contributed by atoms with Crippen LogP contribution in [0.5, 0.6) is 5.75 Å². The molecular formula is C16H15FN2O2. The molecular weight excluding hydrogens is 271 g/mol. The van der Waals surface area contributed by atoms with E-state index in [1.165, 1.54) is 18.2 Å². The number of para-hydroxylation sites is 2. The third kappa shape index (κ3) is 2.48. The summed E-state index contributed by atoms with van der Waals surface area (Å²) in [5.74, 6) is 0.128. The molecule has 0 spiro atoms. The number of rotatable bonds is 4. The van der Waals surface area contributed by atoms with Gasteiger partial charge in [0.15, 0.2) is 0 Å². The van der Waals surface area contributed by atoms with Crippen LogP contribution in [0.25, 0.3) is 22.4 Å². The molecule has 5 heteroatoms. The Morgan fingerprint density at radius 3 is 2.86 bits per heavy atom. The highest BCUT2D eigenvalue weighted by molar-refractivity contribution is 5.81. The molecule has 1 N–H and O–H groups in total. The van der Waals surface area contributed by atoms with Crippen LogP contribution in [-0.2, 0) is 11.3 Å². The third-order valence-corrected chi connectivity index (χ3v) is 3.37. The lowest BCUT2D eigenvalue weighted by atomic mass is 10.2. The third-order valence-electron chi connectivity index (χ3n) is 3.37. The Morgan fingerprint density at radius 1 is 1.24 bits per heavy atom. The lowest BCUT2D eigenvalue weighted by Crippen LogP contribution is -2.06. The van der Waals surface area contributed by atoms with Gasteiger partial charge in [0.05, 0.1) is 23.2 Å². The standard InChI is InChI=1S/C16H15FN2O2/c1-21-9-8-19-14-5-3-2-4-13(14)18-16(19)12-10-11(17)6-7-15(12)20/h2-7,10,20H,8-9H2,1H3. The molecule has 0 aliphatic carbocycles. The van der Waals surface area contributed by atoms with E-state index >= 15 is 0 Å². The monoisotopic (exact) mass is 286 g/mol. The number of nitrogens with zero attached hydrogens (tertiary/aromatic N) is 2. The number of hydrogen-bond acceptors (Lipinski definition) is 3. The number of aromatic nitrogens is 2. The summed E-state index contributed by atoms with van der Waals surface area (Å²) < 4.78 is 20.5. The smallest absolute Gasteiger partial charge is 0.145 e.